The molecule has 1 aliphatic heterocycles. The van der Waals surface area contributed by atoms with E-state index in [1.165, 1.54) is 5.69 Å². The summed E-state index contributed by atoms with van der Waals surface area (Å²) in [6.45, 7) is 4.49. The Labute approximate surface area is 148 Å². The molecule has 2 aromatic carbocycles. The van der Waals surface area contributed by atoms with Crippen LogP contribution in [0.4, 0.5) is 5.69 Å². The fourth-order valence-electron chi connectivity index (χ4n) is 3.04. The van der Waals surface area contributed by atoms with Gasteiger partial charge in [-0.2, -0.15) is 0 Å². The van der Waals surface area contributed by atoms with Gasteiger partial charge in [0.05, 0.1) is 6.61 Å². The molecule has 0 radical (unpaired) electrons. The lowest BCUT2D eigenvalue weighted by atomic mass is 10.0. The molecule has 0 unspecified atom stereocenters. The van der Waals surface area contributed by atoms with Gasteiger partial charge in [-0.1, -0.05) is 24.3 Å². The summed E-state index contributed by atoms with van der Waals surface area (Å²) in [5.74, 6) is -0.162. The van der Waals surface area contributed by atoms with Crippen LogP contribution in [-0.4, -0.2) is 62.3 Å². The lowest BCUT2D eigenvalue weighted by molar-refractivity contribution is 0.0945. The van der Waals surface area contributed by atoms with E-state index in [2.05, 4.69) is 46.4 Å². The Morgan fingerprint density at radius 1 is 1.04 bits per heavy atom. The minimum Gasteiger partial charge on any atom is -0.395 e. The second-order valence-corrected chi connectivity index (χ2v) is 6.40. The molecule has 0 spiro atoms. The van der Waals surface area contributed by atoms with E-state index in [4.69, 9.17) is 5.11 Å². The highest BCUT2D eigenvalue weighted by molar-refractivity contribution is 5.95. The molecule has 5 nitrogen and oxygen atoms in total. The summed E-state index contributed by atoms with van der Waals surface area (Å²) in [6.07, 6.45) is 0. The van der Waals surface area contributed by atoms with Crippen LogP contribution in [-0.2, 0) is 0 Å². The third-order valence-electron chi connectivity index (χ3n) is 4.59. The standard InChI is InChI=1S/C20H25N3O2/c1-22-10-12-23(13-11-22)19-7-5-16(6-8-19)17-3-2-4-18(15-17)20(25)21-9-14-24/h2-8,15,24H,9-14H2,1H3,(H,21,25). The highest BCUT2D eigenvalue weighted by Crippen LogP contribution is 2.24. The van der Waals surface area contributed by atoms with Gasteiger partial charge in [0.2, 0.25) is 0 Å². The number of rotatable bonds is 5. The Morgan fingerprint density at radius 3 is 2.44 bits per heavy atom. The van der Waals surface area contributed by atoms with Gasteiger partial charge in [0.15, 0.2) is 0 Å². The Kier molecular flexibility index (Phi) is 5.68. The van der Waals surface area contributed by atoms with E-state index in [0.717, 1.165) is 37.3 Å². The molecule has 132 valence electrons. The van der Waals surface area contributed by atoms with E-state index in [9.17, 15) is 4.79 Å². The Morgan fingerprint density at radius 2 is 1.76 bits per heavy atom. The summed E-state index contributed by atoms with van der Waals surface area (Å²) in [6, 6.07) is 16.1. The van der Waals surface area contributed by atoms with Crippen LogP contribution in [0.1, 0.15) is 10.4 Å². The maximum atomic E-state index is 12.0. The maximum Gasteiger partial charge on any atom is 0.251 e. The third kappa shape index (κ3) is 4.38. The fourth-order valence-corrected chi connectivity index (χ4v) is 3.04. The molecule has 1 heterocycles. The average Bonchev–Trinajstić information content (AvgIpc) is 2.67. The summed E-state index contributed by atoms with van der Waals surface area (Å²) in [4.78, 5) is 16.8. The van der Waals surface area contributed by atoms with Crippen LogP contribution in [0.15, 0.2) is 48.5 Å². The van der Waals surface area contributed by atoms with Crippen LogP contribution in [0, 0.1) is 0 Å². The van der Waals surface area contributed by atoms with Crippen LogP contribution >= 0.6 is 0 Å². The van der Waals surface area contributed by atoms with Crippen molar-refractivity contribution in [1.29, 1.82) is 0 Å². The molecule has 1 aliphatic rings. The number of carbonyl (C=O) groups excluding carboxylic acids is 1. The molecular formula is C20H25N3O2. The minimum atomic E-state index is -0.162. The number of likely N-dealkylation sites (N-methyl/N-ethyl adjacent to an activating group) is 1. The zero-order valence-electron chi connectivity index (χ0n) is 14.6. The first kappa shape index (κ1) is 17.5. The van der Waals surface area contributed by atoms with Crippen LogP contribution in [0.25, 0.3) is 11.1 Å². The first-order valence-corrected chi connectivity index (χ1v) is 8.70. The number of hydrogen-bond acceptors (Lipinski definition) is 4. The van der Waals surface area contributed by atoms with Gasteiger partial charge in [0.25, 0.3) is 5.91 Å². The molecule has 0 atom stereocenters. The van der Waals surface area contributed by atoms with Gasteiger partial charge in [-0.15, -0.1) is 0 Å². The second kappa shape index (κ2) is 8.14. The van der Waals surface area contributed by atoms with Crippen molar-refractivity contribution < 1.29 is 9.90 Å². The number of aliphatic hydroxyl groups excluding tert-OH is 1. The van der Waals surface area contributed by atoms with Gasteiger partial charge in [0, 0.05) is 44.0 Å². The van der Waals surface area contributed by atoms with Crippen molar-refractivity contribution in [2.75, 3.05) is 51.3 Å². The molecule has 1 saturated heterocycles. The van der Waals surface area contributed by atoms with Gasteiger partial charge < -0.3 is 20.2 Å². The molecule has 25 heavy (non-hydrogen) atoms. The molecule has 0 aliphatic carbocycles. The van der Waals surface area contributed by atoms with Crippen LogP contribution in [0.2, 0.25) is 0 Å². The number of benzene rings is 2. The van der Waals surface area contributed by atoms with E-state index in [0.29, 0.717) is 5.56 Å². The number of anilines is 1. The smallest absolute Gasteiger partial charge is 0.251 e. The molecule has 0 saturated carbocycles. The van der Waals surface area contributed by atoms with Crippen molar-refractivity contribution in [2.24, 2.45) is 0 Å². The quantitative estimate of drug-likeness (QED) is 0.873. The zero-order valence-corrected chi connectivity index (χ0v) is 14.6. The second-order valence-electron chi connectivity index (χ2n) is 6.40. The Hall–Kier alpha value is -2.37. The van der Waals surface area contributed by atoms with E-state index >= 15 is 0 Å². The summed E-state index contributed by atoms with van der Waals surface area (Å²) in [7, 11) is 2.16. The van der Waals surface area contributed by atoms with Crippen LogP contribution in [0.3, 0.4) is 0 Å². The average molecular weight is 339 g/mol. The lowest BCUT2D eigenvalue weighted by Gasteiger charge is -2.34. The SMILES string of the molecule is CN1CCN(c2ccc(-c3cccc(C(=O)NCCO)c3)cc2)CC1. The normalized spacial score (nSPS) is 15.2. The van der Waals surface area contributed by atoms with E-state index in [1.807, 2.05) is 18.2 Å². The maximum absolute atomic E-state index is 12.0. The largest absolute Gasteiger partial charge is 0.395 e. The zero-order chi connectivity index (χ0) is 17.6. The predicted octanol–water partition coefficient (Wildman–Crippen LogP) is 1.83. The first-order chi connectivity index (χ1) is 12.2. The predicted molar refractivity (Wildman–Crippen MR) is 101 cm³/mol. The van der Waals surface area contributed by atoms with Crippen molar-refractivity contribution in [2.45, 2.75) is 0 Å². The molecule has 0 aromatic heterocycles. The number of nitrogens with one attached hydrogen (secondary N) is 1. The van der Waals surface area contributed by atoms with Gasteiger partial charge in [-0.05, 0) is 42.4 Å². The summed E-state index contributed by atoms with van der Waals surface area (Å²) in [5, 5.41) is 11.5. The van der Waals surface area contributed by atoms with Crippen molar-refractivity contribution in [3.05, 3.63) is 54.1 Å². The minimum absolute atomic E-state index is 0.0564. The monoisotopic (exact) mass is 339 g/mol. The molecule has 2 N–H and O–H groups in total. The van der Waals surface area contributed by atoms with Gasteiger partial charge in [-0.3, -0.25) is 4.79 Å². The van der Waals surface area contributed by atoms with Crippen molar-refractivity contribution >= 4 is 11.6 Å². The lowest BCUT2D eigenvalue weighted by Crippen LogP contribution is -2.44. The topological polar surface area (TPSA) is 55.8 Å². The summed E-state index contributed by atoms with van der Waals surface area (Å²) >= 11 is 0. The number of nitrogens with zero attached hydrogens (tertiary/aromatic N) is 2. The van der Waals surface area contributed by atoms with Gasteiger partial charge in [-0.25, -0.2) is 0 Å². The number of amides is 1. The van der Waals surface area contributed by atoms with E-state index in [1.54, 1.807) is 6.07 Å². The number of piperazine rings is 1. The highest BCUT2D eigenvalue weighted by atomic mass is 16.3. The molecule has 1 amide bonds. The molecule has 3 rings (SSSR count). The Balaban J connectivity index is 1.73. The highest BCUT2D eigenvalue weighted by Gasteiger charge is 2.14. The van der Waals surface area contributed by atoms with E-state index < -0.39 is 0 Å². The van der Waals surface area contributed by atoms with Gasteiger partial charge in [0.1, 0.15) is 0 Å². The molecular weight excluding hydrogens is 314 g/mol. The van der Waals surface area contributed by atoms with Crippen LogP contribution in [0.5, 0.6) is 0 Å². The van der Waals surface area contributed by atoms with Crippen LogP contribution < -0.4 is 10.2 Å². The first-order valence-electron chi connectivity index (χ1n) is 8.70. The van der Waals surface area contributed by atoms with Crippen molar-refractivity contribution in [3.63, 3.8) is 0 Å². The third-order valence-corrected chi connectivity index (χ3v) is 4.59. The van der Waals surface area contributed by atoms with Crippen molar-refractivity contribution in [3.8, 4) is 11.1 Å². The van der Waals surface area contributed by atoms with E-state index in [-0.39, 0.29) is 19.1 Å². The fraction of sp³-hybridized carbons (Fsp3) is 0.350. The molecule has 2 aromatic rings. The number of carbonyl (C=O) groups is 1. The molecule has 1 fully saturated rings. The molecule has 0 bridgehead atoms. The van der Waals surface area contributed by atoms with Crippen molar-refractivity contribution in [1.82, 2.24) is 10.2 Å². The molecule has 5 heteroatoms. The Bertz CT molecular complexity index is 707. The summed E-state index contributed by atoms with van der Waals surface area (Å²) in [5.41, 5.74) is 3.96. The number of hydrogen-bond donors (Lipinski definition) is 2. The number of aliphatic hydroxyl groups is 1. The summed E-state index contributed by atoms with van der Waals surface area (Å²) < 4.78 is 0. The van der Waals surface area contributed by atoms with Gasteiger partial charge >= 0.3 is 0 Å².